The summed E-state index contributed by atoms with van der Waals surface area (Å²) in [6, 6.07) is 0.570. The smallest absolute Gasteiger partial charge is 0.317 e. The Morgan fingerprint density at radius 3 is 2.61 bits per heavy atom. The van der Waals surface area contributed by atoms with E-state index in [-0.39, 0.29) is 6.03 Å². The molecule has 0 bridgehead atoms. The van der Waals surface area contributed by atoms with Crippen molar-refractivity contribution in [2.45, 2.75) is 45.1 Å². The van der Waals surface area contributed by atoms with Gasteiger partial charge >= 0.3 is 6.03 Å². The van der Waals surface area contributed by atoms with E-state index in [1.165, 1.54) is 25.7 Å². The summed E-state index contributed by atoms with van der Waals surface area (Å²) >= 11 is 0. The van der Waals surface area contributed by atoms with Crippen LogP contribution in [0.25, 0.3) is 0 Å². The van der Waals surface area contributed by atoms with Crippen molar-refractivity contribution in [2.75, 3.05) is 33.2 Å². The zero-order valence-corrected chi connectivity index (χ0v) is 11.8. The highest BCUT2D eigenvalue weighted by molar-refractivity contribution is 5.74. The number of rotatable bonds is 2. The first-order valence-electron chi connectivity index (χ1n) is 7.43. The van der Waals surface area contributed by atoms with E-state index in [0.717, 1.165) is 38.5 Å². The first-order valence-corrected chi connectivity index (χ1v) is 7.43. The molecule has 0 radical (unpaired) electrons. The zero-order valence-electron chi connectivity index (χ0n) is 11.8. The molecule has 2 amide bonds. The Morgan fingerprint density at radius 2 is 1.94 bits per heavy atom. The van der Waals surface area contributed by atoms with E-state index in [9.17, 15) is 4.79 Å². The summed E-state index contributed by atoms with van der Waals surface area (Å²) in [6.45, 7) is 5.99. The molecule has 1 aliphatic carbocycles. The fourth-order valence-corrected chi connectivity index (χ4v) is 3.07. The molecule has 2 atom stereocenters. The minimum Gasteiger partial charge on any atom is -0.335 e. The molecule has 18 heavy (non-hydrogen) atoms. The first kappa shape index (κ1) is 13.7. The molecule has 0 aromatic rings. The van der Waals surface area contributed by atoms with Gasteiger partial charge < -0.3 is 15.1 Å². The molecular weight excluding hydrogens is 226 g/mol. The Hall–Kier alpha value is -0.770. The highest BCUT2D eigenvalue weighted by atomic mass is 16.2. The predicted octanol–water partition coefficient (Wildman–Crippen LogP) is 1.91. The number of carbonyl (C=O) groups is 1. The Bertz CT molecular complexity index is 274. The summed E-state index contributed by atoms with van der Waals surface area (Å²) in [5.41, 5.74) is 0. The van der Waals surface area contributed by atoms with E-state index in [0.29, 0.717) is 6.04 Å². The molecule has 1 aliphatic heterocycles. The van der Waals surface area contributed by atoms with Gasteiger partial charge in [0.25, 0.3) is 0 Å². The topological polar surface area (TPSA) is 35.6 Å². The zero-order chi connectivity index (χ0) is 13.0. The van der Waals surface area contributed by atoms with Crippen molar-refractivity contribution in [3.8, 4) is 0 Å². The Labute approximate surface area is 111 Å². The van der Waals surface area contributed by atoms with E-state index in [2.05, 4.69) is 24.2 Å². The van der Waals surface area contributed by atoms with Gasteiger partial charge in [-0.1, -0.05) is 26.2 Å². The second-order valence-corrected chi connectivity index (χ2v) is 5.88. The second kappa shape index (κ2) is 6.41. The average molecular weight is 253 g/mol. The molecular formula is C14H27N3O. The molecule has 0 aromatic carbocycles. The van der Waals surface area contributed by atoms with Crippen LogP contribution in [-0.4, -0.2) is 55.1 Å². The summed E-state index contributed by atoms with van der Waals surface area (Å²) in [7, 11) is 2.11. The minimum atomic E-state index is 0.157. The number of hydrogen-bond acceptors (Lipinski definition) is 2. The fourth-order valence-electron chi connectivity index (χ4n) is 3.07. The van der Waals surface area contributed by atoms with Crippen LogP contribution in [0.15, 0.2) is 0 Å². The lowest BCUT2D eigenvalue weighted by atomic mass is 9.84. The maximum absolute atomic E-state index is 12.2. The Balaban J connectivity index is 1.76. The van der Waals surface area contributed by atoms with Gasteiger partial charge in [0, 0.05) is 32.2 Å². The number of nitrogens with one attached hydrogen (secondary N) is 1. The van der Waals surface area contributed by atoms with Crippen LogP contribution in [0.4, 0.5) is 4.79 Å². The van der Waals surface area contributed by atoms with Gasteiger partial charge in [0.05, 0.1) is 0 Å². The van der Waals surface area contributed by atoms with Gasteiger partial charge in [0.1, 0.15) is 0 Å². The van der Waals surface area contributed by atoms with Crippen molar-refractivity contribution in [1.82, 2.24) is 15.1 Å². The molecule has 1 N–H and O–H groups in total. The van der Waals surface area contributed by atoms with Crippen LogP contribution in [0.2, 0.25) is 0 Å². The molecule has 2 fully saturated rings. The normalized spacial score (nSPS) is 30.2. The van der Waals surface area contributed by atoms with Crippen molar-refractivity contribution < 1.29 is 4.79 Å². The average Bonchev–Trinajstić information content (AvgIpc) is 2.39. The molecule has 1 heterocycles. The van der Waals surface area contributed by atoms with E-state index in [1.807, 2.05) is 4.90 Å². The lowest BCUT2D eigenvalue weighted by Crippen LogP contribution is -2.53. The Kier molecular flexibility index (Phi) is 4.87. The lowest BCUT2D eigenvalue weighted by molar-refractivity contribution is 0.147. The van der Waals surface area contributed by atoms with Crippen molar-refractivity contribution >= 4 is 6.03 Å². The molecule has 1 saturated carbocycles. The SMILES string of the molecule is CC[C@@H]1CCC[C@@H](NC(=O)N2CCN(C)CC2)C1. The van der Waals surface area contributed by atoms with Crippen LogP contribution in [-0.2, 0) is 0 Å². The van der Waals surface area contributed by atoms with Crippen LogP contribution >= 0.6 is 0 Å². The maximum atomic E-state index is 12.2. The van der Waals surface area contributed by atoms with Crippen molar-refractivity contribution in [3.05, 3.63) is 0 Å². The van der Waals surface area contributed by atoms with E-state index < -0.39 is 0 Å². The van der Waals surface area contributed by atoms with Gasteiger partial charge in [-0.2, -0.15) is 0 Å². The first-order chi connectivity index (χ1) is 8.69. The molecule has 4 nitrogen and oxygen atoms in total. The van der Waals surface area contributed by atoms with Crippen molar-refractivity contribution in [3.63, 3.8) is 0 Å². The molecule has 2 aliphatic rings. The molecule has 4 heteroatoms. The number of nitrogens with zero attached hydrogens (tertiary/aromatic N) is 2. The standard InChI is InChI=1S/C14H27N3O/c1-3-12-5-4-6-13(11-12)15-14(18)17-9-7-16(2)8-10-17/h12-13H,3-11H2,1-2H3,(H,15,18)/t12-,13-/m1/s1. The van der Waals surface area contributed by atoms with Crippen LogP contribution in [0.5, 0.6) is 0 Å². The largest absolute Gasteiger partial charge is 0.335 e. The molecule has 0 spiro atoms. The summed E-state index contributed by atoms with van der Waals surface area (Å²) < 4.78 is 0. The lowest BCUT2D eigenvalue weighted by Gasteiger charge is -2.35. The number of piperazine rings is 1. The highest BCUT2D eigenvalue weighted by Crippen LogP contribution is 2.26. The van der Waals surface area contributed by atoms with E-state index >= 15 is 0 Å². The third-order valence-electron chi connectivity index (χ3n) is 4.48. The van der Waals surface area contributed by atoms with Crippen LogP contribution < -0.4 is 5.32 Å². The van der Waals surface area contributed by atoms with Gasteiger partial charge in [0.15, 0.2) is 0 Å². The number of urea groups is 1. The van der Waals surface area contributed by atoms with Crippen molar-refractivity contribution in [1.29, 1.82) is 0 Å². The van der Waals surface area contributed by atoms with Crippen LogP contribution in [0, 0.1) is 5.92 Å². The van der Waals surface area contributed by atoms with Crippen molar-refractivity contribution in [2.24, 2.45) is 5.92 Å². The number of likely N-dealkylation sites (N-methyl/N-ethyl adjacent to an activating group) is 1. The quantitative estimate of drug-likeness (QED) is 0.816. The highest BCUT2D eigenvalue weighted by Gasteiger charge is 2.25. The van der Waals surface area contributed by atoms with E-state index in [4.69, 9.17) is 0 Å². The van der Waals surface area contributed by atoms with Crippen LogP contribution in [0.3, 0.4) is 0 Å². The van der Waals surface area contributed by atoms with Crippen LogP contribution in [0.1, 0.15) is 39.0 Å². The second-order valence-electron chi connectivity index (χ2n) is 5.88. The summed E-state index contributed by atoms with van der Waals surface area (Å²) in [4.78, 5) is 16.4. The number of hydrogen-bond donors (Lipinski definition) is 1. The fraction of sp³-hybridized carbons (Fsp3) is 0.929. The van der Waals surface area contributed by atoms with Gasteiger partial charge in [0.2, 0.25) is 0 Å². The third kappa shape index (κ3) is 3.61. The number of carbonyl (C=O) groups excluding carboxylic acids is 1. The summed E-state index contributed by atoms with van der Waals surface area (Å²) in [6.07, 6.45) is 6.20. The van der Waals surface area contributed by atoms with Gasteiger partial charge in [-0.25, -0.2) is 4.79 Å². The summed E-state index contributed by atoms with van der Waals surface area (Å²) in [5.74, 6) is 0.816. The van der Waals surface area contributed by atoms with Gasteiger partial charge in [-0.05, 0) is 25.8 Å². The van der Waals surface area contributed by atoms with Gasteiger partial charge in [-0.15, -0.1) is 0 Å². The Morgan fingerprint density at radius 1 is 1.22 bits per heavy atom. The monoisotopic (exact) mass is 253 g/mol. The van der Waals surface area contributed by atoms with Gasteiger partial charge in [-0.3, -0.25) is 0 Å². The molecule has 104 valence electrons. The maximum Gasteiger partial charge on any atom is 0.317 e. The molecule has 0 aromatic heterocycles. The number of amides is 2. The third-order valence-corrected chi connectivity index (χ3v) is 4.48. The predicted molar refractivity (Wildman–Crippen MR) is 73.6 cm³/mol. The molecule has 2 rings (SSSR count). The minimum absolute atomic E-state index is 0.157. The molecule has 1 saturated heterocycles. The molecule has 0 unspecified atom stereocenters. The van der Waals surface area contributed by atoms with E-state index in [1.54, 1.807) is 0 Å². The summed E-state index contributed by atoms with van der Waals surface area (Å²) in [5, 5.41) is 3.24.